The van der Waals surface area contributed by atoms with Crippen LogP contribution in [0.4, 0.5) is 0 Å². The van der Waals surface area contributed by atoms with Crippen LogP contribution in [0, 0.1) is 5.92 Å². The maximum Gasteiger partial charge on any atom is -0.00428 e. The summed E-state index contributed by atoms with van der Waals surface area (Å²) < 4.78 is 0. The Kier molecular flexibility index (Phi) is 1.88. The molecule has 1 heteroatoms. The highest BCUT2D eigenvalue weighted by atomic mass is 14.6. The fourth-order valence-electron chi connectivity index (χ4n) is 2.89. The Bertz CT molecular complexity index is 356. The van der Waals surface area contributed by atoms with Gasteiger partial charge in [-0.15, -0.1) is 0 Å². The molecule has 0 aromatic heterocycles. The predicted octanol–water partition coefficient (Wildman–Crippen LogP) is 2.24. The van der Waals surface area contributed by atoms with Crippen LogP contribution >= 0.6 is 0 Å². The standard InChI is InChI=1S/C13H17N/c14-8-10-7-13(10)12-6-2-4-9-3-1-5-11(9)12/h2,4,6,10,13H,1,3,5,7-8,14H2/t10-,13+/m0/s1. The third kappa shape index (κ3) is 1.19. The van der Waals surface area contributed by atoms with Crippen LogP contribution in [0.25, 0.3) is 0 Å². The van der Waals surface area contributed by atoms with E-state index in [2.05, 4.69) is 18.2 Å². The van der Waals surface area contributed by atoms with Crippen LogP contribution in [0.1, 0.15) is 35.4 Å². The minimum Gasteiger partial charge on any atom is -0.330 e. The van der Waals surface area contributed by atoms with E-state index in [9.17, 15) is 0 Å². The number of aryl methyl sites for hydroxylation is 1. The second kappa shape index (κ2) is 3.09. The molecule has 0 radical (unpaired) electrons. The van der Waals surface area contributed by atoms with E-state index in [0.717, 1.165) is 18.4 Å². The molecule has 0 amide bonds. The Morgan fingerprint density at radius 1 is 1.29 bits per heavy atom. The van der Waals surface area contributed by atoms with E-state index in [1.165, 1.54) is 25.7 Å². The summed E-state index contributed by atoms with van der Waals surface area (Å²) in [6.07, 6.45) is 5.28. The molecule has 0 saturated heterocycles. The average molecular weight is 187 g/mol. The van der Waals surface area contributed by atoms with E-state index in [1.54, 1.807) is 16.7 Å². The van der Waals surface area contributed by atoms with Crippen molar-refractivity contribution in [3.63, 3.8) is 0 Å². The van der Waals surface area contributed by atoms with Gasteiger partial charge in [-0.1, -0.05) is 18.2 Å². The summed E-state index contributed by atoms with van der Waals surface area (Å²) in [5.74, 6) is 1.58. The zero-order valence-electron chi connectivity index (χ0n) is 8.50. The minimum atomic E-state index is 0.780. The molecule has 14 heavy (non-hydrogen) atoms. The first kappa shape index (κ1) is 8.49. The van der Waals surface area contributed by atoms with Crippen molar-refractivity contribution < 1.29 is 0 Å². The molecule has 3 rings (SSSR count). The van der Waals surface area contributed by atoms with Crippen molar-refractivity contribution in [2.24, 2.45) is 11.7 Å². The molecule has 1 nitrogen and oxygen atoms in total. The lowest BCUT2D eigenvalue weighted by molar-refractivity contribution is 0.803. The van der Waals surface area contributed by atoms with Crippen molar-refractivity contribution in [1.29, 1.82) is 0 Å². The first-order valence-corrected chi connectivity index (χ1v) is 5.71. The van der Waals surface area contributed by atoms with E-state index in [0.29, 0.717) is 0 Å². The second-order valence-corrected chi connectivity index (χ2v) is 4.68. The molecule has 0 spiro atoms. The molecule has 0 unspecified atom stereocenters. The number of hydrogen-bond donors (Lipinski definition) is 1. The van der Waals surface area contributed by atoms with Gasteiger partial charge in [-0.05, 0) is 60.8 Å². The number of rotatable bonds is 2. The SMILES string of the molecule is NC[C@@H]1C[C@H]1c1cccc2c1CCC2. The molecule has 2 N–H and O–H groups in total. The highest BCUT2D eigenvalue weighted by Gasteiger charge is 2.38. The zero-order valence-corrected chi connectivity index (χ0v) is 8.50. The molecular weight excluding hydrogens is 170 g/mol. The monoisotopic (exact) mass is 187 g/mol. The molecule has 74 valence electrons. The molecule has 2 aliphatic rings. The molecule has 1 saturated carbocycles. The smallest absolute Gasteiger partial charge is 0.00428 e. The van der Waals surface area contributed by atoms with E-state index >= 15 is 0 Å². The molecule has 1 aromatic rings. The summed E-state index contributed by atoms with van der Waals surface area (Å²) >= 11 is 0. The van der Waals surface area contributed by atoms with Gasteiger partial charge in [0.25, 0.3) is 0 Å². The molecular formula is C13H17N. The van der Waals surface area contributed by atoms with Gasteiger partial charge < -0.3 is 5.73 Å². The Balaban J connectivity index is 1.95. The lowest BCUT2D eigenvalue weighted by Crippen LogP contribution is -2.03. The van der Waals surface area contributed by atoms with Crippen LogP contribution in [0.3, 0.4) is 0 Å². The fraction of sp³-hybridized carbons (Fsp3) is 0.538. The zero-order chi connectivity index (χ0) is 9.54. The normalized spacial score (nSPS) is 28.9. The van der Waals surface area contributed by atoms with E-state index in [4.69, 9.17) is 5.73 Å². The number of fused-ring (bicyclic) bond motifs is 1. The van der Waals surface area contributed by atoms with E-state index in [1.807, 2.05) is 0 Å². The molecule has 0 heterocycles. The Morgan fingerprint density at radius 3 is 3.00 bits per heavy atom. The van der Waals surface area contributed by atoms with Crippen LogP contribution in [0.5, 0.6) is 0 Å². The average Bonchev–Trinajstić information content (AvgIpc) is 2.85. The van der Waals surface area contributed by atoms with Crippen molar-refractivity contribution in [2.45, 2.75) is 31.6 Å². The summed E-state index contributed by atoms with van der Waals surface area (Å²) in [5.41, 5.74) is 10.6. The Morgan fingerprint density at radius 2 is 2.21 bits per heavy atom. The summed E-state index contributed by atoms with van der Waals surface area (Å²) in [6.45, 7) is 0.869. The molecule has 1 fully saturated rings. The van der Waals surface area contributed by atoms with E-state index < -0.39 is 0 Å². The highest BCUT2D eigenvalue weighted by molar-refractivity contribution is 5.42. The Labute approximate surface area is 85.3 Å². The summed E-state index contributed by atoms with van der Waals surface area (Å²) in [4.78, 5) is 0. The Hall–Kier alpha value is -0.820. The fourth-order valence-corrected chi connectivity index (χ4v) is 2.89. The molecule has 2 atom stereocenters. The van der Waals surface area contributed by atoms with Gasteiger partial charge in [0, 0.05) is 0 Å². The van der Waals surface area contributed by atoms with Crippen LogP contribution in [0.2, 0.25) is 0 Å². The quantitative estimate of drug-likeness (QED) is 0.755. The molecule has 0 aliphatic heterocycles. The topological polar surface area (TPSA) is 26.0 Å². The predicted molar refractivity (Wildman–Crippen MR) is 58.4 cm³/mol. The number of nitrogens with two attached hydrogens (primary N) is 1. The summed E-state index contributed by atoms with van der Waals surface area (Å²) in [7, 11) is 0. The van der Waals surface area contributed by atoms with Crippen LogP contribution < -0.4 is 5.73 Å². The van der Waals surface area contributed by atoms with Gasteiger partial charge in [0.2, 0.25) is 0 Å². The van der Waals surface area contributed by atoms with Gasteiger partial charge in [0.05, 0.1) is 0 Å². The highest BCUT2D eigenvalue weighted by Crippen LogP contribution is 2.49. The van der Waals surface area contributed by atoms with Gasteiger partial charge >= 0.3 is 0 Å². The van der Waals surface area contributed by atoms with Gasteiger partial charge in [-0.25, -0.2) is 0 Å². The third-order valence-electron chi connectivity index (χ3n) is 3.81. The van der Waals surface area contributed by atoms with Crippen LogP contribution in [-0.2, 0) is 12.8 Å². The maximum atomic E-state index is 5.71. The minimum absolute atomic E-state index is 0.780. The lowest BCUT2D eigenvalue weighted by Gasteiger charge is -2.07. The second-order valence-electron chi connectivity index (χ2n) is 4.68. The molecule has 1 aromatic carbocycles. The van der Waals surface area contributed by atoms with Gasteiger partial charge in [-0.2, -0.15) is 0 Å². The van der Waals surface area contributed by atoms with Crippen LogP contribution in [-0.4, -0.2) is 6.54 Å². The first-order chi connectivity index (χ1) is 6.90. The van der Waals surface area contributed by atoms with Crippen LogP contribution in [0.15, 0.2) is 18.2 Å². The molecule has 0 bridgehead atoms. The third-order valence-corrected chi connectivity index (χ3v) is 3.81. The van der Waals surface area contributed by atoms with Gasteiger partial charge in [0.1, 0.15) is 0 Å². The van der Waals surface area contributed by atoms with Crippen molar-refractivity contribution in [3.8, 4) is 0 Å². The first-order valence-electron chi connectivity index (χ1n) is 5.71. The number of benzene rings is 1. The van der Waals surface area contributed by atoms with E-state index in [-0.39, 0.29) is 0 Å². The van der Waals surface area contributed by atoms with Gasteiger partial charge in [0.15, 0.2) is 0 Å². The maximum absolute atomic E-state index is 5.71. The van der Waals surface area contributed by atoms with Gasteiger partial charge in [-0.3, -0.25) is 0 Å². The number of hydrogen-bond acceptors (Lipinski definition) is 1. The summed E-state index contributed by atoms with van der Waals surface area (Å²) in [5, 5.41) is 0. The largest absolute Gasteiger partial charge is 0.330 e. The lowest BCUT2D eigenvalue weighted by atomic mass is 9.99. The molecule has 2 aliphatic carbocycles. The van der Waals surface area contributed by atoms with Crippen molar-refractivity contribution in [2.75, 3.05) is 6.54 Å². The van der Waals surface area contributed by atoms with Crippen molar-refractivity contribution in [3.05, 3.63) is 34.9 Å². The van der Waals surface area contributed by atoms with Crippen molar-refractivity contribution >= 4 is 0 Å². The van der Waals surface area contributed by atoms with Crippen molar-refractivity contribution in [1.82, 2.24) is 0 Å². The summed E-state index contributed by atoms with van der Waals surface area (Å²) in [6, 6.07) is 6.85.